The first-order valence-corrected chi connectivity index (χ1v) is 7.84. The minimum absolute atomic E-state index is 0.716. The monoisotopic (exact) mass is 331 g/mol. The predicted molar refractivity (Wildman–Crippen MR) is 89.7 cm³/mol. The van der Waals surface area contributed by atoms with Crippen molar-refractivity contribution in [2.24, 2.45) is 12.0 Å². The zero-order valence-electron chi connectivity index (χ0n) is 12.2. The van der Waals surface area contributed by atoms with E-state index in [9.17, 15) is 0 Å². The van der Waals surface area contributed by atoms with Gasteiger partial charge in [0.15, 0.2) is 0 Å². The third-order valence-electron chi connectivity index (χ3n) is 3.09. The Morgan fingerprint density at radius 3 is 2.41 bits per heavy atom. The molecule has 3 aromatic rings. The summed E-state index contributed by atoms with van der Waals surface area (Å²) in [5.41, 5.74) is 1.89. The second kappa shape index (κ2) is 6.34. The van der Waals surface area contributed by atoms with E-state index in [4.69, 9.17) is 16.3 Å². The summed E-state index contributed by atoms with van der Waals surface area (Å²) in [5, 5.41) is 6.14. The molecule has 22 heavy (non-hydrogen) atoms. The van der Waals surface area contributed by atoms with Crippen molar-refractivity contribution < 1.29 is 4.74 Å². The minimum Gasteiger partial charge on any atom is -0.497 e. The Morgan fingerprint density at radius 2 is 1.77 bits per heavy atom. The number of hydrogen-bond donors (Lipinski definition) is 0. The second-order valence-corrected chi connectivity index (χ2v) is 6.02. The number of aryl methyl sites for hydroxylation is 1. The van der Waals surface area contributed by atoms with E-state index >= 15 is 0 Å². The highest BCUT2D eigenvalue weighted by atomic mass is 35.5. The zero-order valence-corrected chi connectivity index (χ0v) is 13.7. The Balaban J connectivity index is 1.97. The van der Waals surface area contributed by atoms with Crippen LogP contribution < -0.4 is 9.54 Å². The number of halogens is 1. The molecular weight excluding hydrogens is 318 g/mol. The van der Waals surface area contributed by atoms with Crippen molar-refractivity contribution in [2.45, 2.75) is 0 Å². The van der Waals surface area contributed by atoms with Gasteiger partial charge in [-0.1, -0.05) is 35.1 Å². The quantitative estimate of drug-likeness (QED) is 0.726. The molecule has 112 valence electrons. The van der Waals surface area contributed by atoms with E-state index in [-0.39, 0.29) is 0 Å². The van der Waals surface area contributed by atoms with Crippen molar-refractivity contribution in [3.05, 3.63) is 58.4 Å². The van der Waals surface area contributed by atoms with Gasteiger partial charge in [-0.3, -0.25) is 0 Å². The molecule has 6 heteroatoms. The van der Waals surface area contributed by atoms with E-state index in [2.05, 4.69) is 10.1 Å². The highest BCUT2D eigenvalue weighted by molar-refractivity contribution is 7.12. The second-order valence-electron chi connectivity index (χ2n) is 4.63. The van der Waals surface area contributed by atoms with Gasteiger partial charge in [0.2, 0.25) is 4.80 Å². The van der Waals surface area contributed by atoms with Gasteiger partial charge in [0.05, 0.1) is 12.8 Å². The maximum Gasteiger partial charge on any atom is 0.208 e. The largest absolute Gasteiger partial charge is 0.497 e. The van der Waals surface area contributed by atoms with E-state index in [0.29, 0.717) is 5.02 Å². The smallest absolute Gasteiger partial charge is 0.208 e. The molecule has 0 aliphatic rings. The molecule has 0 unspecified atom stereocenters. The number of aromatic nitrogens is 2. The van der Waals surface area contributed by atoms with Crippen LogP contribution in [0.15, 0.2) is 53.5 Å². The summed E-state index contributed by atoms with van der Waals surface area (Å²) >= 11 is 7.45. The number of nitrogens with zero attached hydrogens (tertiary/aromatic N) is 3. The molecule has 3 rings (SSSR count). The molecule has 2 aromatic carbocycles. The van der Waals surface area contributed by atoms with Crippen LogP contribution >= 0.6 is 22.9 Å². The first-order valence-electron chi connectivity index (χ1n) is 6.64. The molecule has 0 spiro atoms. The summed E-state index contributed by atoms with van der Waals surface area (Å²) in [6.07, 6.45) is 0. The Morgan fingerprint density at radius 1 is 1.09 bits per heavy atom. The van der Waals surface area contributed by atoms with E-state index in [1.165, 1.54) is 11.3 Å². The van der Waals surface area contributed by atoms with Crippen molar-refractivity contribution in [3.63, 3.8) is 0 Å². The fraction of sp³-hybridized carbons (Fsp3) is 0.125. The molecule has 0 radical (unpaired) electrons. The van der Waals surface area contributed by atoms with E-state index in [1.807, 2.05) is 55.6 Å². The first-order chi connectivity index (χ1) is 10.7. The maximum atomic E-state index is 5.92. The normalized spacial score (nSPS) is 11.7. The molecule has 0 N–H and O–H groups in total. The number of methoxy groups -OCH3 is 1. The van der Waals surface area contributed by atoms with Crippen molar-refractivity contribution in [1.29, 1.82) is 0 Å². The van der Waals surface area contributed by atoms with Crippen LogP contribution in [0.5, 0.6) is 5.75 Å². The summed E-state index contributed by atoms with van der Waals surface area (Å²) in [6.45, 7) is 0. The van der Waals surface area contributed by atoms with Gasteiger partial charge in [0.25, 0.3) is 0 Å². The van der Waals surface area contributed by atoms with Crippen LogP contribution in [0.2, 0.25) is 5.02 Å². The lowest BCUT2D eigenvalue weighted by atomic mass is 10.2. The van der Waals surface area contributed by atoms with Gasteiger partial charge in [0.1, 0.15) is 10.8 Å². The Hall–Kier alpha value is -2.11. The number of rotatable bonds is 3. The van der Waals surface area contributed by atoms with Gasteiger partial charge in [0, 0.05) is 17.6 Å². The first kappa shape index (κ1) is 14.8. The van der Waals surface area contributed by atoms with Gasteiger partial charge < -0.3 is 4.74 Å². The van der Waals surface area contributed by atoms with Crippen LogP contribution in [0, 0.1) is 0 Å². The summed E-state index contributed by atoms with van der Waals surface area (Å²) in [4.78, 5) is 5.45. The molecule has 0 bridgehead atoms. The van der Waals surface area contributed by atoms with Crippen molar-refractivity contribution >= 4 is 28.6 Å². The van der Waals surface area contributed by atoms with Gasteiger partial charge in [-0.05, 0) is 36.4 Å². The lowest BCUT2D eigenvalue weighted by Crippen LogP contribution is -2.10. The fourth-order valence-electron chi connectivity index (χ4n) is 1.92. The summed E-state index contributed by atoms with van der Waals surface area (Å²) in [5.74, 6) is 0.814. The van der Waals surface area contributed by atoms with E-state index in [1.54, 1.807) is 11.8 Å². The number of hydrogen-bond acceptors (Lipinski definition) is 4. The van der Waals surface area contributed by atoms with Crippen LogP contribution in [-0.4, -0.2) is 16.9 Å². The van der Waals surface area contributed by atoms with Crippen molar-refractivity contribution in [2.75, 3.05) is 7.11 Å². The zero-order chi connectivity index (χ0) is 15.5. The molecule has 0 amide bonds. The molecule has 1 aromatic heterocycles. The summed E-state index contributed by atoms with van der Waals surface area (Å²) in [7, 11) is 3.53. The maximum absolute atomic E-state index is 5.92. The van der Waals surface area contributed by atoms with Gasteiger partial charge in [-0.25, -0.2) is 9.67 Å². The standard InChI is InChI=1S/C16H14ClN3OS/c1-20-16(18-13-7-9-14(21-2)10-8-13)22-15(19-20)11-3-5-12(17)6-4-11/h3-10H,1-2H3/b18-16+. The van der Waals surface area contributed by atoms with E-state index < -0.39 is 0 Å². The van der Waals surface area contributed by atoms with Crippen LogP contribution in [0.1, 0.15) is 0 Å². The minimum atomic E-state index is 0.716. The van der Waals surface area contributed by atoms with Crippen molar-refractivity contribution in [1.82, 2.24) is 9.78 Å². The third-order valence-corrected chi connectivity index (χ3v) is 4.39. The van der Waals surface area contributed by atoms with Crippen LogP contribution in [0.3, 0.4) is 0 Å². The Bertz CT molecular complexity index is 835. The molecule has 1 heterocycles. The highest BCUT2D eigenvalue weighted by Gasteiger charge is 2.05. The highest BCUT2D eigenvalue weighted by Crippen LogP contribution is 2.22. The summed E-state index contributed by atoms with van der Waals surface area (Å²) < 4.78 is 6.92. The lowest BCUT2D eigenvalue weighted by Gasteiger charge is -1.98. The average molecular weight is 332 g/mol. The number of benzene rings is 2. The molecule has 0 aliphatic carbocycles. The van der Waals surface area contributed by atoms with Crippen LogP contribution in [0.4, 0.5) is 5.69 Å². The molecule has 0 atom stereocenters. The average Bonchev–Trinajstić information content (AvgIpc) is 2.90. The topological polar surface area (TPSA) is 39.4 Å². The molecule has 4 nitrogen and oxygen atoms in total. The molecule has 0 saturated carbocycles. The number of ether oxygens (including phenoxy) is 1. The van der Waals surface area contributed by atoms with Gasteiger partial charge in [-0.2, -0.15) is 5.10 Å². The summed E-state index contributed by atoms with van der Waals surface area (Å²) in [6, 6.07) is 15.2. The SMILES string of the molecule is COc1ccc(/N=c2/sc(-c3ccc(Cl)cc3)nn2C)cc1. The van der Waals surface area contributed by atoms with Crippen LogP contribution in [0.25, 0.3) is 10.6 Å². The van der Waals surface area contributed by atoms with Gasteiger partial charge in [-0.15, -0.1) is 0 Å². The molecule has 0 fully saturated rings. The van der Waals surface area contributed by atoms with Crippen LogP contribution in [-0.2, 0) is 7.05 Å². The fourth-order valence-corrected chi connectivity index (χ4v) is 2.96. The third kappa shape index (κ3) is 3.21. The molecule has 0 saturated heterocycles. The Kier molecular flexibility index (Phi) is 4.27. The Labute approximate surface area is 137 Å². The van der Waals surface area contributed by atoms with Gasteiger partial charge >= 0.3 is 0 Å². The lowest BCUT2D eigenvalue weighted by molar-refractivity contribution is 0.415. The molecular formula is C16H14ClN3OS. The van der Waals surface area contributed by atoms with Crippen molar-refractivity contribution in [3.8, 4) is 16.3 Å². The van der Waals surface area contributed by atoms with E-state index in [0.717, 1.165) is 26.8 Å². The predicted octanol–water partition coefficient (Wildman–Crippen LogP) is 4.04. The molecule has 0 aliphatic heterocycles.